The molecule has 2 atom stereocenters. The number of amides is 1. The van der Waals surface area contributed by atoms with Gasteiger partial charge in [0.1, 0.15) is 6.10 Å². The van der Waals surface area contributed by atoms with E-state index in [9.17, 15) is 9.90 Å². The first kappa shape index (κ1) is 21.9. The first-order valence-corrected chi connectivity index (χ1v) is 10.8. The van der Waals surface area contributed by atoms with Crippen LogP contribution in [-0.2, 0) is 4.79 Å². The van der Waals surface area contributed by atoms with Crippen LogP contribution < -0.4 is 4.90 Å². The van der Waals surface area contributed by atoms with E-state index < -0.39 is 6.10 Å². The summed E-state index contributed by atoms with van der Waals surface area (Å²) >= 11 is 12.6. The Bertz CT molecular complexity index is 854. The van der Waals surface area contributed by atoms with Crippen LogP contribution in [0.15, 0.2) is 42.5 Å². The van der Waals surface area contributed by atoms with E-state index in [0.29, 0.717) is 36.1 Å². The van der Waals surface area contributed by atoms with Crippen LogP contribution in [0.5, 0.6) is 0 Å². The molecule has 1 saturated heterocycles. The van der Waals surface area contributed by atoms with E-state index in [4.69, 9.17) is 23.2 Å². The van der Waals surface area contributed by atoms with Gasteiger partial charge in [-0.05, 0) is 54.7 Å². The first-order valence-electron chi connectivity index (χ1n) is 10.0. The van der Waals surface area contributed by atoms with Gasteiger partial charge in [-0.15, -0.1) is 0 Å². The molecule has 156 valence electrons. The van der Waals surface area contributed by atoms with Crippen LogP contribution in [0, 0.1) is 12.8 Å². The van der Waals surface area contributed by atoms with Gasteiger partial charge in [-0.1, -0.05) is 55.2 Å². The average molecular weight is 435 g/mol. The lowest BCUT2D eigenvalue weighted by Crippen LogP contribution is -2.53. The largest absolute Gasteiger partial charge is 0.383 e. The minimum absolute atomic E-state index is 0.0728. The van der Waals surface area contributed by atoms with Crippen LogP contribution in [0.25, 0.3) is 0 Å². The number of hydrogen-bond acceptors (Lipinski definition) is 3. The number of rotatable bonds is 5. The molecule has 0 aromatic heterocycles. The number of hydrogen-bond donors (Lipinski definition) is 1. The third-order valence-electron chi connectivity index (χ3n) is 5.34. The Labute approximate surface area is 183 Å². The Hall–Kier alpha value is -1.75. The number of carbonyl (C=O) groups excluding carboxylic acids is 1. The maximum Gasteiger partial charge on any atom is 0.251 e. The van der Waals surface area contributed by atoms with Crippen molar-refractivity contribution in [1.29, 1.82) is 0 Å². The van der Waals surface area contributed by atoms with Gasteiger partial charge in [0.2, 0.25) is 0 Å². The number of aliphatic hydroxyl groups is 1. The van der Waals surface area contributed by atoms with Crippen molar-refractivity contribution < 1.29 is 9.90 Å². The Morgan fingerprint density at radius 2 is 1.83 bits per heavy atom. The van der Waals surface area contributed by atoms with Gasteiger partial charge in [-0.2, -0.15) is 0 Å². The Balaban J connectivity index is 1.90. The molecule has 2 aromatic carbocycles. The quantitative estimate of drug-likeness (QED) is 0.711. The Morgan fingerprint density at radius 3 is 2.45 bits per heavy atom. The van der Waals surface area contributed by atoms with Gasteiger partial charge in [0.15, 0.2) is 0 Å². The second-order valence-corrected chi connectivity index (χ2v) is 8.99. The lowest BCUT2D eigenvalue weighted by molar-refractivity contribution is -0.141. The van der Waals surface area contributed by atoms with Crippen molar-refractivity contribution in [2.24, 2.45) is 5.92 Å². The third kappa shape index (κ3) is 5.25. The van der Waals surface area contributed by atoms with E-state index in [1.807, 2.05) is 63.2 Å². The van der Waals surface area contributed by atoms with Crippen LogP contribution in [0.4, 0.5) is 5.69 Å². The number of carbonyl (C=O) groups is 1. The lowest BCUT2D eigenvalue weighted by Gasteiger charge is -2.44. The maximum absolute atomic E-state index is 12.8. The molecule has 1 aliphatic heterocycles. The van der Waals surface area contributed by atoms with Crippen LogP contribution in [0.2, 0.25) is 10.0 Å². The summed E-state index contributed by atoms with van der Waals surface area (Å²) in [4.78, 5) is 16.8. The molecular formula is C23H28Cl2N2O2. The third-order valence-corrected chi connectivity index (χ3v) is 5.89. The molecule has 1 aliphatic rings. The van der Waals surface area contributed by atoms with Crippen molar-refractivity contribution in [2.75, 3.05) is 24.5 Å². The minimum atomic E-state index is -0.963. The molecule has 4 nitrogen and oxygen atoms in total. The topological polar surface area (TPSA) is 43.8 Å². The summed E-state index contributed by atoms with van der Waals surface area (Å²) in [5, 5.41) is 11.7. The number of aliphatic hydroxyl groups excluding tert-OH is 1. The SMILES string of the molecule is Cc1ccc(N2CCN(C(=O)C(O)CC(C)C)C[C@H]2c2ccc(Cl)cc2)c(Cl)c1. The fourth-order valence-corrected chi connectivity index (χ4v) is 4.31. The van der Waals surface area contributed by atoms with Crippen molar-refractivity contribution in [2.45, 2.75) is 39.3 Å². The first-order chi connectivity index (χ1) is 13.8. The second kappa shape index (κ2) is 9.38. The summed E-state index contributed by atoms with van der Waals surface area (Å²) < 4.78 is 0. The molecular weight excluding hydrogens is 407 g/mol. The molecule has 1 unspecified atom stereocenters. The zero-order chi connectivity index (χ0) is 21.1. The highest BCUT2D eigenvalue weighted by molar-refractivity contribution is 6.33. The van der Waals surface area contributed by atoms with E-state index in [-0.39, 0.29) is 17.9 Å². The highest BCUT2D eigenvalue weighted by Gasteiger charge is 2.34. The van der Waals surface area contributed by atoms with Crippen molar-refractivity contribution in [3.8, 4) is 0 Å². The number of anilines is 1. The summed E-state index contributed by atoms with van der Waals surface area (Å²) in [5.41, 5.74) is 3.11. The summed E-state index contributed by atoms with van der Waals surface area (Å²) in [6.07, 6.45) is -0.496. The van der Waals surface area contributed by atoms with E-state index >= 15 is 0 Å². The number of nitrogens with zero attached hydrogens (tertiary/aromatic N) is 2. The Morgan fingerprint density at radius 1 is 1.14 bits per heavy atom. The fraction of sp³-hybridized carbons (Fsp3) is 0.435. The molecule has 2 aromatic rings. The highest BCUT2D eigenvalue weighted by Crippen LogP contribution is 2.36. The molecule has 0 spiro atoms. The highest BCUT2D eigenvalue weighted by atomic mass is 35.5. The van der Waals surface area contributed by atoms with Crippen molar-refractivity contribution in [1.82, 2.24) is 4.90 Å². The molecule has 29 heavy (non-hydrogen) atoms. The van der Waals surface area contributed by atoms with Crippen LogP contribution in [0.1, 0.15) is 37.4 Å². The molecule has 6 heteroatoms. The summed E-state index contributed by atoms with van der Waals surface area (Å²) in [6.45, 7) is 7.69. The minimum Gasteiger partial charge on any atom is -0.383 e. The zero-order valence-electron chi connectivity index (χ0n) is 17.1. The number of aryl methyl sites for hydroxylation is 1. The predicted molar refractivity (Wildman–Crippen MR) is 120 cm³/mol. The summed E-state index contributed by atoms with van der Waals surface area (Å²) in [7, 11) is 0. The number of halogens is 2. The molecule has 0 saturated carbocycles. The lowest BCUT2D eigenvalue weighted by atomic mass is 9.99. The summed E-state index contributed by atoms with van der Waals surface area (Å²) in [6, 6.07) is 13.7. The van der Waals surface area contributed by atoms with E-state index in [1.165, 1.54) is 0 Å². The second-order valence-electron chi connectivity index (χ2n) is 8.15. The zero-order valence-corrected chi connectivity index (χ0v) is 18.6. The maximum atomic E-state index is 12.8. The van der Waals surface area contributed by atoms with Gasteiger partial charge < -0.3 is 14.9 Å². The van der Waals surface area contributed by atoms with Gasteiger partial charge >= 0.3 is 0 Å². The summed E-state index contributed by atoms with van der Waals surface area (Å²) in [5.74, 6) is 0.0565. The predicted octanol–water partition coefficient (Wildman–Crippen LogP) is 5.10. The molecule has 1 amide bonds. The number of benzene rings is 2. The van der Waals surface area contributed by atoms with Crippen LogP contribution in [0.3, 0.4) is 0 Å². The molecule has 1 heterocycles. The monoisotopic (exact) mass is 434 g/mol. The normalized spacial score (nSPS) is 18.2. The molecule has 1 fully saturated rings. The molecule has 1 N–H and O–H groups in total. The van der Waals surface area contributed by atoms with Crippen molar-refractivity contribution in [3.05, 3.63) is 63.6 Å². The molecule has 0 radical (unpaired) electrons. The van der Waals surface area contributed by atoms with Gasteiger partial charge in [0.05, 0.1) is 16.8 Å². The van der Waals surface area contributed by atoms with Crippen LogP contribution >= 0.6 is 23.2 Å². The smallest absolute Gasteiger partial charge is 0.251 e. The van der Waals surface area contributed by atoms with Crippen molar-refractivity contribution >= 4 is 34.8 Å². The Kier molecular flexibility index (Phi) is 7.10. The standard InChI is InChI=1S/C23H28Cl2N2O2/c1-15(2)12-22(28)23(29)26-10-11-27(20-9-4-16(3)13-19(20)25)21(14-26)17-5-7-18(24)8-6-17/h4-9,13,15,21-22,28H,10-12,14H2,1-3H3/t21-,22?/m0/s1. The molecule has 0 bridgehead atoms. The van der Waals surface area contributed by atoms with Gasteiger partial charge in [0.25, 0.3) is 5.91 Å². The van der Waals surface area contributed by atoms with E-state index in [2.05, 4.69) is 4.90 Å². The average Bonchev–Trinajstić information content (AvgIpc) is 2.67. The van der Waals surface area contributed by atoms with E-state index in [0.717, 1.165) is 16.8 Å². The van der Waals surface area contributed by atoms with Gasteiger partial charge in [-0.3, -0.25) is 4.79 Å². The fourth-order valence-electron chi connectivity index (χ4n) is 3.84. The van der Waals surface area contributed by atoms with Gasteiger partial charge in [0, 0.05) is 24.7 Å². The van der Waals surface area contributed by atoms with Crippen LogP contribution in [-0.4, -0.2) is 41.7 Å². The molecule has 0 aliphatic carbocycles. The molecule has 3 rings (SSSR count). The number of piperazine rings is 1. The van der Waals surface area contributed by atoms with Gasteiger partial charge in [-0.25, -0.2) is 0 Å². The van der Waals surface area contributed by atoms with E-state index in [1.54, 1.807) is 4.90 Å². The van der Waals surface area contributed by atoms with Crippen molar-refractivity contribution in [3.63, 3.8) is 0 Å².